The molecule has 8 heteroatoms. The molecule has 2 aromatic rings. The predicted octanol–water partition coefficient (Wildman–Crippen LogP) is 0.745. The number of rotatable bonds is 7. The molecule has 0 spiro atoms. The van der Waals surface area contributed by atoms with E-state index in [1.165, 1.54) is 0 Å². The number of amides is 1. The number of ether oxygens (including phenoxy) is 1. The Morgan fingerprint density at radius 2 is 2.42 bits per heavy atom. The molecule has 1 atom stereocenters. The van der Waals surface area contributed by atoms with Crippen molar-refractivity contribution in [1.29, 1.82) is 0 Å². The predicted molar refractivity (Wildman–Crippen MR) is 87.7 cm³/mol. The van der Waals surface area contributed by atoms with Crippen LogP contribution in [0, 0.1) is 5.92 Å². The molecule has 0 aliphatic heterocycles. The molecule has 2 aromatic heterocycles. The van der Waals surface area contributed by atoms with Crippen molar-refractivity contribution in [2.75, 3.05) is 20.3 Å². The number of carbonyl (C=O) groups excluding carboxylic acids is 1. The molecule has 0 saturated carbocycles. The number of methoxy groups -OCH3 is 1. The number of hydrogen-bond acceptors (Lipinski definition) is 5. The van der Waals surface area contributed by atoms with Crippen molar-refractivity contribution in [3.8, 4) is 0 Å². The van der Waals surface area contributed by atoms with Gasteiger partial charge in [-0.15, -0.1) is 10.2 Å². The van der Waals surface area contributed by atoms with E-state index in [9.17, 15) is 4.79 Å². The number of carbonyl (C=O) groups is 1. The second-order valence-electron chi connectivity index (χ2n) is 6.32. The molecule has 1 amide bonds. The largest absolute Gasteiger partial charge is 0.383 e. The Balaban J connectivity index is 1.55. The molecule has 8 nitrogen and oxygen atoms in total. The Morgan fingerprint density at radius 1 is 1.54 bits per heavy atom. The van der Waals surface area contributed by atoms with E-state index in [1.54, 1.807) is 13.4 Å². The standard InChI is InChI=1S/C16H24N6O2/c1-11-3-4-13-12(9-11)15(21-19-13)16(23)17-6-5-14-20-18-10-22(14)7-8-24-2/h10-11H,3-9H2,1-2H3,(H,17,23)(H,19,21)/t11-/m0/s1. The third-order valence-electron chi connectivity index (χ3n) is 4.47. The van der Waals surface area contributed by atoms with Crippen molar-refractivity contribution in [2.24, 2.45) is 5.92 Å². The molecule has 1 aliphatic carbocycles. The van der Waals surface area contributed by atoms with Gasteiger partial charge in [0.25, 0.3) is 5.91 Å². The monoisotopic (exact) mass is 332 g/mol. The number of nitrogens with one attached hydrogen (secondary N) is 2. The average molecular weight is 332 g/mol. The van der Waals surface area contributed by atoms with Gasteiger partial charge in [-0.1, -0.05) is 6.92 Å². The first-order chi connectivity index (χ1) is 11.7. The van der Waals surface area contributed by atoms with E-state index in [2.05, 4.69) is 32.6 Å². The molecule has 130 valence electrons. The molecule has 0 saturated heterocycles. The lowest BCUT2D eigenvalue weighted by Gasteiger charge is -2.17. The maximum absolute atomic E-state index is 12.4. The molecule has 2 N–H and O–H groups in total. The van der Waals surface area contributed by atoms with Gasteiger partial charge in [0, 0.05) is 37.9 Å². The molecule has 1 aliphatic rings. The van der Waals surface area contributed by atoms with E-state index in [0.717, 1.165) is 36.3 Å². The van der Waals surface area contributed by atoms with Crippen LogP contribution in [-0.2, 0) is 30.5 Å². The minimum Gasteiger partial charge on any atom is -0.383 e. The molecular formula is C16H24N6O2. The summed E-state index contributed by atoms with van der Waals surface area (Å²) in [6, 6.07) is 0. The maximum Gasteiger partial charge on any atom is 0.272 e. The molecule has 0 radical (unpaired) electrons. The van der Waals surface area contributed by atoms with Gasteiger partial charge >= 0.3 is 0 Å². The van der Waals surface area contributed by atoms with Crippen LogP contribution in [0.1, 0.15) is 40.9 Å². The second kappa shape index (κ2) is 7.57. The van der Waals surface area contributed by atoms with Crippen molar-refractivity contribution >= 4 is 5.91 Å². The third-order valence-corrected chi connectivity index (χ3v) is 4.47. The van der Waals surface area contributed by atoms with Crippen LogP contribution in [0.3, 0.4) is 0 Å². The van der Waals surface area contributed by atoms with E-state index in [0.29, 0.717) is 37.7 Å². The fourth-order valence-electron chi connectivity index (χ4n) is 3.08. The molecule has 24 heavy (non-hydrogen) atoms. The third kappa shape index (κ3) is 3.64. The molecular weight excluding hydrogens is 308 g/mol. The van der Waals surface area contributed by atoms with E-state index >= 15 is 0 Å². The number of aromatic nitrogens is 5. The normalized spacial score (nSPS) is 16.8. The Bertz CT molecular complexity index is 693. The number of aromatic amines is 1. The SMILES string of the molecule is COCCn1cnnc1CCNC(=O)c1n[nH]c2c1C[C@@H](C)CC2. The summed E-state index contributed by atoms with van der Waals surface area (Å²) in [4.78, 5) is 12.4. The summed E-state index contributed by atoms with van der Waals surface area (Å²) >= 11 is 0. The van der Waals surface area contributed by atoms with Gasteiger partial charge in [-0.05, 0) is 25.2 Å². The maximum atomic E-state index is 12.4. The van der Waals surface area contributed by atoms with Crippen LogP contribution in [0.2, 0.25) is 0 Å². The summed E-state index contributed by atoms with van der Waals surface area (Å²) in [6.45, 7) is 4.03. The number of fused-ring (bicyclic) bond motifs is 1. The second-order valence-corrected chi connectivity index (χ2v) is 6.32. The Morgan fingerprint density at radius 3 is 3.25 bits per heavy atom. The lowest BCUT2D eigenvalue weighted by Crippen LogP contribution is -2.28. The molecule has 0 unspecified atom stereocenters. The number of H-pyrrole nitrogens is 1. The number of hydrogen-bond donors (Lipinski definition) is 2. The van der Waals surface area contributed by atoms with Crippen LogP contribution in [0.5, 0.6) is 0 Å². The highest BCUT2D eigenvalue weighted by Gasteiger charge is 2.24. The molecule has 2 heterocycles. The first-order valence-electron chi connectivity index (χ1n) is 8.39. The highest BCUT2D eigenvalue weighted by Crippen LogP contribution is 2.25. The van der Waals surface area contributed by atoms with Crippen LogP contribution in [0.15, 0.2) is 6.33 Å². The van der Waals surface area contributed by atoms with Gasteiger partial charge in [-0.2, -0.15) is 5.10 Å². The van der Waals surface area contributed by atoms with Crippen molar-refractivity contribution in [3.63, 3.8) is 0 Å². The fraction of sp³-hybridized carbons (Fsp3) is 0.625. The summed E-state index contributed by atoms with van der Waals surface area (Å²) in [7, 11) is 1.66. The summed E-state index contributed by atoms with van der Waals surface area (Å²) in [5.41, 5.74) is 2.73. The zero-order valence-corrected chi connectivity index (χ0v) is 14.2. The summed E-state index contributed by atoms with van der Waals surface area (Å²) in [5.74, 6) is 1.32. The van der Waals surface area contributed by atoms with Crippen LogP contribution in [0.4, 0.5) is 0 Å². The number of aryl methyl sites for hydroxylation is 1. The zero-order chi connectivity index (χ0) is 16.9. The molecule has 0 bridgehead atoms. The van der Waals surface area contributed by atoms with Gasteiger partial charge < -0.3 is 14.6 Å². The van der Waals surface area contributed by atoms with E-state index in [-0.39, 0.29) is 5.91 Å². The van der Waals surface area contributed by atoms with Crippen molar-refractivity contribution in [3.05, 3.63) is 29.1 Å². The van der Waals surface area contributed by atoms with E-state index < -0.39 is 0 Å². The molecule has 0 fully saturated rings. The summed E-state index contributed by atoms with van der Waals surface area (Å²) in [6.07, 6.45) is 5.34. The summed E-state index contributed by atoms with van der Waals surface area (Å²) in [5, 5.41) is 18.2. The quantitative estimate of drug-likeness (QED) is 0.779. The number of nitrogens with zero attached hydrogens (tertiary/aromatic N) is 4. The lowest BCUT2D eigenvalue weighted by molar-refractivity contribution is 0.0947. The Kier molecular flexibility index (Phi) is 5.24. The fourth-order valence-corrected chi connectivity index (χ4v) is 3.08. The van der Waals surface area contributed by atoms with Gasteiger partial charge in [0.2, 0.25) is 0 Å². The minimum atomic E-state index is -0.121. The van der Waals surface area contributed by atoms with E-state index in [1.807, 2.05) is 4.57 Å². The van der Waals surface area contributed by atoms with Crippen molar-refractivity contribution < 1.29 is 9.53 Å². The van der Waals surface area contributed by atoms with Crippen molar-refractivity contribution in [2.45, 2.75) is 39.2 Å². The Hall–Kier alpha value is -2.22. The van der Waals surface area contributed by atoms with Crippen LogP contribution >= 0.6 is 0 Å². The van der Waals surface area contributed by atoms with Crippen molar-refractivity contribution in [1.82, 2.24) is 30.3 Å². The lowest BCUT2D eigenvalue weighted by atomic mass is 9.87. The average Bonchev–Trinajstić information content (AvgIpc) is 3.19. The minimum absolute atomic E-state index is 0.121. The summed E-state index contributed by atoms with van der Waals surface area (Å²) < 4.78 is 7.00. The van der Waals surface area contributed by atoms with Gasteiger partial charge in [0.1, 0.15) is 12.2 Å². The molecule has 0 aromatic carbocycles. The van der Waals surface area contributed by atoms with Gasteiger partial charge in [0.15, 0.2) is 5.69 Å². The van der Waals surface area contributed by atoms with Gasteiger partial charge in [-0.3, -0.25) is 9.89 Å². The first kappa shape index (κ1) is 16.6. The van der Waals surface area contributed by atoms with Crippen LogP contribution < -0.4 is 5.32 Å². The van der Waals surface area contributed by atoms with Gasteiger partial charge in [0.05, 0.1) is 6.61 Å². The highest BCUT2D eigenvalue weighted by molar-refractivity contribution is 5.94. The highest BCUT2D eigenvalue weighted by atomic mass is 16.5. The zero-order valence-electron chi connectivity index (χ0n) is 14.2. The first-order valence-corrected chi connectivity index (χ1v) is 8.39. The van der Waals surface area contributed by atoms with E-state index in [4.69, 9.17) is 4.74 Å². The van der Waals surface area contributed by atoms with Crippen LogP contribution in [-0.4, -0.2) is 51.1 Å². The smallest absolute Gasteiger partial charge is 0.272 e. The molecule has 3 rings (SSSR count). The topological polar surface area (TPSA) is 97.7 Å². The van der Waals surface area contributed by atoms with Crippen LogP contribution in [0.25, 0.3) is 0 Å². The van der Waals surface area contributed by atoms with Gasteiger partial charge in [-0.25, -0.2) is 0 Å². The Labute approximate surface area is 141 Å².